The minimum atomic E-state index is -0.284. The van der Waals surface area contributed by atoms with Crippen molar-refractivity contribution in [3.8, 4) is 17.3 Å². The number of aromatic nitrogens is 3. The van der Waals surface area contributed by atoms with Crippen LogP contribution in [0.4, 0.5) is 0 Å². The Kier molecular flexibility index (Phi) is 7.95. The van der Waals surface area contributed by atoms with Crippen molar-refractivity contribution in [2.75, 3.05) is 33.9 Å². The highest BCUT2D eigenvalue weighted by Crippen LogP contribution is 2.43. The number of para-hydroxylation sites is 1. The molecule has 2 N–H and O–H groups in total. The van der Waals surface area contributed by atoms with E-state index in [-0.39, 0.29) is 30.0 Å². The van der Waals surface area contributed by atoms with E-state index in [2.05, 4.69) is 40.4 Å². The number of ether oxygens (including phenoxy) is 2. The van der Waals surface area contributed by atoms with Crippen LogP contribution in [0.25, 0.3) is 33.5 Å². The number of methoxy groups -OCH3 is 2. The highest BCUT2D eigenvalue weighted by molar-refractivity contribution is 6.00. The van der Waals surface area contributed by atoms with Gasteiger partial charge in [0.25, 0.3) is 11.8 Å². The summed E-state index contributed by atoms with van der Waals surface area (Å²) >= 11 is 0. The first-order valence-electron chi connectivity index (χ1n) is 18.9. The average molecular weight is 679 g/mol. The number of imidazole rings is 1. The SMILES string of the molecule is COc1cc(C(=O)N2C[C@H]3CC[C@@H]2C[C@@H]3N)cc2nc(-c3cc4cccc(C5CCN(C(=O)C(OC)C6CC6)CC5)c4n3CC3CC3)n(C)c12. The number of carbonyl (C=O) groups excluding carboxylic acids is 2. The predicted molar refractivity (Wildman–Crippen MR) is 193 cm³/mol. The van der Waals surface area contributed by atoms with Crippen molar-refractivity contribution >= 4 is 33.8 Å². The molecule has 3 aliphatic carbocycles. The molecule has 2 bridgehead atoms. The molecule has 4 aromatic rings. The van der Waals surface area contributed by atoms with Crippen LogP contribution in [-0.4, -0.2) is 87.8 Å². The van der Waals surface area contributed by atoms with Crippen molar-refractivity contribution in [3.63, 3.8) is 0 Å². The lowest BCUT2D eigenvalue weighted by atomic mass is 9.76. The Morgan fingerprint density at radius 2 is 1.78 bits per heavy atom. The maximum atomic E-state index is 14.0. The zero-order valence-corrected chi connectivity index (χ0v) is 29.6. The molecule has 10 heteroatoms. The first kappa shape index (κ1) is 32.0. The van der Waals surface area contributed by atoms with Crippen LogP contribution in [0.15, 0.2) is 36.4 Å². The summed E-state index contributed by atoms with van der Waals surface area (Å²) in [4.78, 5) is 36.6. The summed E-state index contributed by atoms with van der Waals surface area (Å²) in [6, 6.07) is 13.3. The molecule has 3 saturated carbocycles. The smallest absolute Gasteiger partial charge is 0.254 e. The van der Waals surface area contributed by atoms with E-state index in [9.17, 15) is 9.59 Å². The lowest BCUT2D eigenvalue weighted by Gasteiger charge is -2.48. The van der Waals surface area contributed by atoms with Crippen molar-refractivity contribution in [2.24, 2.45) is 30.5 Å². The molecule has 2 amide bonds. The van der Waals surface area contributed by atoms with Crippen LogP contribution >= 0.6 is 0 Å². The molecule has 10 rings (SSSR count). The van der Waals surface area contributed by atoms with E-state index < -0.39 is 0 Å². The topological polar surface area (TPSA) is 108 Å². The number of carbonyl (C=O) groups is 2. The molecular formula is C40H50N6O4. The fourth-order valence-electron chi connectivity index (χ4n) is 9.49. The Balaban J connectivity index is 1.06. The Hall–Kier alpha value is -3.89. The van der Waals surface area contributed by atoms with Gasteiger partial charge in [-0.05, 0) is 105 Å². The third-order valence-corrected chi connectivity index (χ3v) is 12.7. The maximum Gasteiger partial charge on any atom is 0.254 e. The fourth-order valence-corrected chi connectivity index (χ4v) is 9.49. The van der Waals surface area contributed by atoms with Gasteiger partial charge in [0.15, 0.2) is 5.82 Å². The molecule has 2 aromatic carbocycles. The molecule has 1 unspecified atom stereocenters. The molecule has 6 aliphatic rings. The zero-order valence-electron chi connectivity index (χ0n) is 29.6. The second-order valence-electron chi connectivity index (χ2n) is 15.9. The predicted octanol–water partition coefficient (Wildman–Crippen LogP) is 5.70. The van der Waals surface area contributed by atoms with E-state index in [4.69, 9.17) is 20.2 Å². The minimum Gasteiger partial charge on any atom is -0.494 e. The van der Waals surface area contributed by atoms with E-state index in [1.54, 1.807) is 14.2 Å². The highest BCUT2D eigenvalue weighted by Gasteiger charge is 2.42. The molecule has 4 atom stereocenters. The van der Waals surface area contributed by atoms with Gasteiger partial charge >= 0.3 is 0 Å². The van der Waals surface area contributed by atoms with Gasteiger partial charge in [0.1, 0.15) is 17.4 Å². The molecule has 0 spiro atoms. The number of benzene rings is 2. The normalized spacial score (nSPS) is 24.8. The molecule has 0 radical (unpaired) electrons. The standard InChI is InChI=1S/C40H50N6O4/c1-43-36-32(17-28(19-34(36)49-2)39(47)45-22-27-11-12-29(45)20-31(27)41)42-38(43)33-18-26-5-4-6-30(35(26)46(33)21-23-7-8-23)24-13-15-44(16-14-24)40(48)37(50-3)25-9-10-25/h4-6,17-19,23-25,27,29,31,37H,7-16,20-22,41H2,1-3H3/t27-,29-,31+,37?/m1/s1. The maximum absolute atomic E-state index is 14.0. The fraction of sp³-hybridized carbons (Fsp3) is 0.575. The van der Waals surface area contributed by atoms with Gasteiger partial charge in [-0.2, -0.15) is 0 Å². The van der Waals surface area contributed by atoms with Gasteiger partial charge in [-0.3, -0.25) is 9.59 Å². The molecule has 3 saturated heterocycles. The van der Waals surface area contributed by atoms with Crippen LogP contribution in [0.3, 0.4) is 0 Å². The third-order valence-electron chi connectivity index (χ3n) is 12.7. The van der Waals surface area contributed by atoms with Crippen LogP contribution < -0.4 is 10.5 Å². The molecule has 264 valence electrons. The Morgan fingerprint density at radius 3 is 2.44 bits per heavy atom. The van der Waals surface area contributed by atoms with E-state index in [1.807, 2.05) is 21.9 Å². The summed E-state index contributed by atoms with van der Waals surface area (Å²) in [5.74, 6) is 3.55. The third kappa shape index (κ3) is 5.41. The lowest BCUT2D eigenvalue weighted by Crippen LogP contribution is -2.58. The molecule has 10 nitrogen and oxygen atoms in total. The molecule has 2 aromatic heterocycles. The number of nitrogens with zero attached hydrogens (tertiary/aromatic N) is 5. The van der Waals surface area contributed by atoms with Crippen molar-refractivity contribution in [1.29, 1.82) is 0 Å². The minimum absolute atomic E-state index is 0.0459. The molecule has 3 aliphatic heterocycles. The van der Waals surface area contributed by atoms with Gasteiger partial charge in [0, 0.05) is 63.4 Å². The number of amides is 2. The largest absolute Gasteiger partial charge is 0.494 e. The van der Waals surface area contributed by atoms with E-state index in [1.165, 1.54) is 29.3 Å². The number of aryl methyl sites for hydroxylation is 1. The number of hydrogen-bond donors (Lipinski definition) is 1. The van der Waals surface area contributed by atoms with Crippen molar-refractivity contribution in [3.05, 3.63) is 47.5 Å². The number of likely N-dealkylation sites (tertiary alicyclic amines) is 1. The Morgan fingerprint density at radius 1 is 0.980 bits per heavy atom. The van der Waals surface area contributed by atoms with Gasteiger partial charge in [-0.15, -0.1) is 0 Å². The zero-order chi connectivity index (χ0) is 34.3. The summed E-state index contributed by atoms with van der Waals surface area (Å²) in [7, 11) is 5.41. The molecule has 5 heterocycles. The Bertz CT molecular complexity index is 1970. The number of nitrogens with two attached hydrogens (primary N) is 1. The summed E-state index contributed by atoms with van der Waals surface area (Å²) < 4.78 is 16.2. The van der Waals surface area contributed by atoms with Gasteiger partial charge in [0.05, 0.1) is 23.8 Å². The number of fused-ring (bicyclic) bond motifs is 5. The van der Waals surface area contributed by atoms with Gasteiger partial charge in [0.2, 0.25) is 0 Å². The number of hydrogen-bond acceptors (Lipinski definition) is 6. The quantitative estimate of drug-likeness (QED) is 0.244. The average Bonchev–Trinajstić information content (AvgIpc) is 4.08. The first-order chi connectivity index (χ1) is 24.3. The van der Waals surface area contributed by atoms with Crippen molar-refractivity contribution < 1.29 is 19.1 Å². The summed E-state index contributed by atoms with van der Waals surface area (Å²) in [5.41, 5.74) is 12.4. The monoisotopic (exact) mass is 678 g/mol. The summed E-state index contributed by atoms with van der Waals surface area (Å²) in [5, 5.41) is 1.22. The number of piperidine rings is 3. The van der Waals surface area contributed by atoms with Crippen LogP contribution in [0.1, 0.15) is 79.6 Å². The molecule has 50 heavy (non-hydrogen) atoms. The molecular weight excluding hydrogens is 628 g/mol. The van der Waals surface area contributed by atoms with Crippen molar-refractivity contribution in [1.82, 2.24) is 23.9 Å². The van der Waals surface area contributed by atoms with Crippen LogP contribution in [-0.2, 0) is 23.1 Å². The van der Waals surface area contributed by atoms with Crippen molar-refractivity contribution in [2.45, 2.75) is 88.4 Å². The highest BCUT2D eigenvalue weighted by atomic mass is 16.5. The van der Waals surface area contributed by atoms with Crippen LogP contribution in [0, 0.1) is 17.8 Å². The second-order valence-corrected chi connectivity index (χ2v) is 15.9. The Labute approximate surface area is 293 Å². The summed E-state index contributed by atoms with van der Waals surface area (Å²) in [6.45, 7) is 3.21. The van der Waals surface area contributed by atoms with Gasteiger partial charge in [-0.1, -0.05) is 18.2 Å². The number of rotatable bonds is 9. The van der Waals surface area contributed by atoms with E-state index in [0.29, 0.717) is 35.0 Å². The second kappa shape index (κ2) is 12.4. The van der Waals surface area contributed by atoms with E-state index >= 15 is 0 Å². The van der Waals surface area contributed by atoms with E-state index in [0.717, 1.165) is 93.7 Å². The molecule has 6 fully saturated rings. The van der Waals surface area contributed by atoms with Gasteiger partial charge < -0.3 is 34.1 Å². The summed E-state index contributed by atoms with van der Waals surface area (Å²) in [6.07, 6.45) is 9.29. The van der Waals surface area contributed by atoms with Gasteiger partial charge in [-0.25, -0.2) is 4.98 Å². The van der Waals surface area contributed by atoms with Crippen LogP contribution in [0.2, 0.25) is 0 Å². The van der Waals surface area contributed by atoms with Crippen LogP contribution in [0.5, 0.6) is 5.75 Å². The lowest BCUT2D eigenvalue weighted by molar-refractivity contribution is -0.144. The first-order valence-corrected chi connectivity index (χ1v) is 18.9.